The van der Waals surface area contributed by atoms with Gasteiger partial charge in [-0.05, 0) is 43.9 Å². The Kier molecular flexibility index (Phi) is 3.03. The molecular weight excluding hydrogens is 262 g/mol. The Morgan fingerprint density at radius 2 is 2.21 bits per heavy atom. The van der Waals surface area contributed by atoms with Crippen LogP contribution >= 0.6 is 11.6 Å². The van der Waals surface area contributed by atoms with Crippen molar-refractivity contribution < 1.29 is 0 Å². The molecule has 1 aliphatic carbocycles. The molecule has 0 atom stereocenters. The minimum Gasteiger partial charge on any atom is -0.325 e. The number of aromatic nitrogens is 2. The molecular formula is C14H14ClN3O. The van der Waals surface area contributed by atoms with Crippen LogP contribution in [-0.4, -0.2) is 9.97 Å². The quantitative estimate of drug-likeness (QED) is 0.886. The normalized spacial score (nSPS) is 13.4. The molecule has 4 nitrogen and oxygen atoms in total. The maximum absolute atomic E-state index is 11.9. The van der Waals surface area contributed by atoms with Gasteiger partial charge in [0.2, 0.25) is 5.95 Å². The van der Waals surface area contributed by atoms with Crippen LogP contribution in [0.1, 0.15) is 23.2 Å². The van der Waals surface area contributed by atoms with Gasteiger partial charge in [0, 0.05) is 16.3 Å². The highest BCUT2D eigenvalue weighted by Crippen LogP contribution is 2.25. The fourth-order valence-corrected chi connectivity index (χ4v) is 2.55. The zero-order valence-electron chi connectivity index (χ0n) is 10.6. The maximum Gasteiger partial charge on any atom is 0.255 e. The van der Waals surface area contributed by atoms with Gasteiger partial charge >= 0.3 is 0 Å². The van der Waals surface area contributed by atoms with Crippen LogP contribution in [0.3, 0.4) is 0 Å². The van der Waals surface area contributed by atoms with Crippen LogP contribution in [0.5, 0.6) is 0 Å². The summed E-state index contributed by atoms with van der Waals surface area (Å²) in [6.45, 7) is 1.93. The first-order valence-electron chi connectivity index (χ1n) is 6.29. The molecule has 2 N–H and O–H groups in total. The number of hydrogen-bond donors (Lipinski definition) is 2. The summed E-state index contributed by atoms with van der Waals surface area (Å²) in [5.41, 5.74) is 3.49. The van der Waals surface area contributed by atoms with E-state index in [1.807, 2.05) is 25.1 Å². The Hall–Kier alpha value is -1.81. The molecule has 3 rings (SSSR count). The van der Waals surface area contributed by atoms with Crippen molar-refractivity contribution in [2.75, 3.05) is 5.32 Å². The second kappa shape index (κ2) is 4.70. The van der Waals surface area contributed by atoms with Gasteiger partial charge in [0.25, 0.3) is 5.56 Å². The Balaban J connectivity index is 1.98. The molecule has 1 aromatic carbocycles. The third kappa shape index (κ3) is 2.24. The molecule has 0 aliphatic heterocycles. The second-order valence-electron chi connectivity index (χ2n) is 4.73. The van der Waals surface area contributed by atoms with Crippen LogP contribution in [0.2, 0.25) is 5.02 Å². The van der Waals surface area contributed by atoms with Crippen LogP contribution < -0.4 is 10.9 Å². The molecule has 0 bridgehead atoms. The summed E-state index contributed by atoms with van der Waals surface area (Å²) in [7, 11) is 0. The largest absolute Gasteiger partial charge is 0.325 e. The summed E-state index contributed by atoms with van der Waals surface area (Å²) < 4.78 is 0. The third-order valence-electron chi connectivity index (χ3n) is 3.46. The van der Waals surface area contributed by atoms with Crippen LogP contribution in [0.25, 0.3) is 0 Å². The Labute approximate surface area is 115 Å². The van der Waals surface area contributed by atoms with E-state index in [1.54, 1.807) is 0 Å². The average Bonchev–Trinajstić information content (AvgIpc) is 2.84. The summed E-state index contributed by atoms with van der Waals surface area (Å²) in [6, 6.07) is 5.61. The Morgan fingerprint density at radius 1 is 1.37 bits per heavy atom. The highest BCUT2D eigenvalue weighted by Gasteiger charge is 2.17. The van der Waals surface area contributed by atoms with Gasteiger partial charge in [0.05, 0.1) is 5.69 Å². The van der Waals surface area contributed by atoms with Crippen molar-refractivity contribution in [2.45, 2.75) is 26.2 Å². The van der Waals surface area contributed by atoms with Gasteiger partial charge in [0.15, 0.2) is 0 Å². The zero-order valence-corrected chi connectivity index (χ0v) is 11.3. The SMILES string of the molecule is Cc1c(Cl)cccc1Nc1nc2c(c(=O)[nH]1)CCC2. The first-order chi connectivity index (χ1) is 9.15. The molecule has 0 spiro atoms. The second-order valence-corrected chi connectivity index (χ2v) is 5.14. The summed E-state index contributed by atoms with van der Waals surface area (Å²) in [5.74, 6) is 0.482. The van der Waals surface area contributed by atoms with Gasteiger partial charge in [-0.3, -0.25) is 9.78 Å². The number of halogens is 1. The number of nitrogens with zero attached hydrogens (tertiary/aromatic N) is 1. The topological polar surface area (TPSA) is 57.8 Å². The van der Waals surface area contributed by atoms with Gasteiger partial charge in [-0.2, -0.15) is 0 Å². The molecule has 0 radical (unpaired) electrons. The minimum absolute atomic E-state index is 0.0373. The van der Waals surface area contributed by atoms with Gasteiger partial charge in [-0.25, -0.2) is 4.98 Å². The molecule has 98 valence electrons. The first-order valence-corrected chi connectivity index (χ1v) is 6.67. The average molecular weight is 276 g/mol. The van der Waals surface area contributed by atoms with Crippen molar-refractivity contribution in [1.29, 1.82) is 0 Å². The predicted octanol–water partition coefficient (Wildman–Crippen LogP) is 2.96. The van der Waals surface area contributed by atoms with E-state index in [9.17, 15) is 4.79 Å². The lowest BCUT2D eigenvalue weighted by Gasteiger charge is -2.10. The molecule has 0 amide bonds. The molecule has 0 saturated heterocycles. The molecule has 2 aromatic rings. The van der Waals surface area contributed by atoms with E-state index in [4.69, 9.17) is 11.6 Å². The van der Waals surface area contributed by atoms with Crippen molar-refractivity contribution in [2.24, 2.45) is 0 Å². The number of rotatable bonds is 2. The molecule has 0 fully saturated rings. The van der Waals surface area contributed by atoms with E-state index in [0.29, 0.717) is 11.0 Å². The van der Waals surface area contributed by atoms with E-state index < -0.39 is 0 Å². The number of H-pyrrole nitrogens is 1. The van der Waals surface area contributed by atoms with E-state index in [1.165, 1.54) is 0 Å². The number of benzene rings is 1. The zero-order chi connectivity index (χ0) is 13.4. The lowest BCUT2D eigenvalue weighted by molar-refractivity contribution is 0.899. The minimum atomic E-state index is -0.0373. The lowest BCUT2D eigenvalue weighted by atomic mass is 10.2. The van der Waals surface area contributed by atoms with E-state index >= 15 is 0 Å². The first kappa shape index (κ1) is 12.2. The number of fused-ring (bicyclic) bond motifs is 1. The van der Waals surface area contributed by atoms with Gasteiger partial charge in [-0.1, -0.05) is 17.7 Å². The Bertz CT molecular complexity index is 694. The van der Waals surface area contributed by atoms with Crippen LogP contribution in [0.15, 0.2) is 23.0 Å². The number of hydrogen-bond acceptors (Lipinski definition) is 3. The molecule has 1 aliphatic rings. The van der Waals surface area contributed by atoms with Crippen LogP contribution in [-0.2, 0) is 12.8 Å². The maximum atomic E-state index is 11.9. The number of anilines is 2. The van der Waals surface area contributed by atoms with E-state index in [2.05, 4.69) is 15.3 Å². The summed E-state index contributed by atoms with van der Waals surface area (Å²) >= 11 is 6.07. The van der Waals surface area contributed by atoms with Crippen molar-refractivity contribution in [1.82, 2.24) is 9.97 Å². The van der Waals surface area contributed by atoms with Crippen LogP contribution in [0, 0.1) is 6.92 Å². The molecule has 19 heavy (non-hydrogen) atoms. The van der Waals surface area contributed by atoms with Crippen molar-refractivity contribution in [3.05, 3.63) is 50.4 Å². The standard InChI is InChI=1S/C14H14ClN3O/c1-8-10(15)5-3-6-11(8)16-14-17-12-7-2-4-9(12)13(19)18-14/h3,5-6H,2,4,7H2,1H3,(H2,16,17,18,19). The van der Waals surface area contributed by atoms with Gasteiger partial charge < -0.3 is 5.32 Å². The monoisotopic (exact) mass is 275 g/mol. The predicted molar refractivity (Wildman–Crippen MR) is 76.4 cm³/mol. The van der Waals surface area contributed by atoms with E-state index in [-0.39, 0.29) is 5.56 Å². The van der Waals surface area contributed by atoms with Crippen molar-refractivity contribution in [3.8, 4) is 0 Å². The summed E-state index contributed by atoms with van der Waals surface area (Å²) in [6.07, 6.45) is 2.71. The number of nitrogens with one attached hydrogen (secondary N) is 2. The lowest BCUT2D eigenvalue weighted by Crippen LogP contribution is -2.16. The van der Waals surface area contributed by atoms with Gasteiger partial charge in [0.1, 0.15) is 0 Å². The highest BCUT2D eigenvalue weighted by atomic mass is 35.5. The molecule has 1 heterocycles. The molecule has 5 heteroatoms. The number of aromatic amines is 1. The van der Waals surface area contributed by atoms with E-state index in [0.717, 1.165) is 41.8 Å². The molecule has 1 aromatic heterocycles. The Morgan fingerprint density at radius 3 is 3.05 bits per heavy atom. The summed E-state index contributed by atoms with van der Waals surface area (Å²) in [4.78, 5) is 19.2. The van der Waals surface area contributed by atoms with Crippen molar-refractivity contribution >= 4 is 23.2 Å². The summed E-state index contributed by atoms with van der Waals surface area (Å²) in [5, 5.41) is 3.82. The third-order valence-corrected chi connectivity index (χ3v) is 3.87. The fraction of sp³-hybridized carbons (Fsp3) is 0.286. The highest BCUT2D eigenvalue weighted by molar-refractivity contribution is 6.31. The number of aryl methyl sites for hydroxylation is 1. The smallest absolute Gasteiger partial charge is 0.255 e. The van der Waals surface area contributed by atoms with Crippen molar-refractivity contribution in [3.63, 3.8) is 0 Å². The fourth-order valence-electron chi connectivity index (χ4n) is 2.37. The van der Waals surface area contributed by atoms with Crippen LogP contribution in [0.4, 0.5) is 11.6 Å². The van der Waals surface area contributed by atoms with Gasteiger partial charge in [-0.15, -0.1) is 0 Å². The molecule has 0 unspecified atom stereocenters. The molecule has 0 saturated carbocycles.